The van der Waals surface area contributed by atoms with Crippen molar-refractivity contribution in [3.05, 3.63) is 40.6 Å². The highest BCUT2D eigenvalue weighted by Gasteiger charge is 2.36. The summed E-state index contributed by atoms with van der Waals surface area (Å²) in [7, 11) is -3.35. The summed E-state index contributed by atoms with van der Waals surface area (Å²) < 4.78 is 68.8. The quantitative estimate of drug-likeness (QED) is 0.637. The molecule has 0 spiro atoms. The Morgan fingerprint density at radius 3 is 2.59 bits per heavy atom. The smallest absolute Gasteiger partial charge is 0.275 e. The van der Waals surface area contributed by atoms with Gasteiger partial charge >= 0.3 is 0 Å². The molecule has 7 nitrogen and oxygen atoms in total. The molecule has 0 saturated carbocycles. The number of anilines is 1. The Morgan fingerprint density at radius 2 is 2.04 bits per heavy atom. The van der Waals surface area contributed by atoms with Gasteiger partial charge in [-0.1, -0.05) is 0 Å². The minimum absolute atomic E-state index is 0.296. The van der Waals surface area contributed by atoms with E-state index >= 15 is 0 Å². The molecule has 0 bridgehead atoms. The zero-order valence-electron chi connectivity index (χ0n) is 14.4. The normalized spacial score (nSPS) is 13.4. The molecule has 0 aliphatic rings. The van der Waals surface area contributed by atoms with Gasteiger partial charge in [-0.25, -0.2) is 31.3 Å². The fourth-order valence-electron chi connectivity index (χ4n) is 2.09. The van der Waals surface area contributed by atoms with Crippen molar-refractivity contribution in [2.75, 3.05) is 5.32 Å². The Morgan fingerprint density at radius 1 is 1.41 bits per heavy atom. The number of rotatable bonds is 6. The molecule has 1 amide bonds. The van der Waals surface area contributed by atoms with Gasteiger partial charge in [-0.3, -0.25) is 4.79 Å². The van der Waals surface area contributed by atoms with Crippen LogP contribution in [-0.2, 0) is 17.1 Å². The average molecular weight is 469 g/mol. The van der Waals surface area contributed by atoms with Crippen LogP contribution in [0, 0.1) is 5.82 Å². The molecule has 148 valence electrons. The highest BCUT2D eigenvalue weighted by atomic mass is 79.9. The Bertz CT molecular complexity index is 973. The predicted octanol–water partition coefficient (Wildman–Crippen LogP) is 2.90. The van der Waals surface area contributed by atoms with Crippen LogP contribution in [0.15, 0.2) is 34.0 Å². The van der Waals surface area contributed by atoms with Crippen molar-refractivity contribution in [2.24, 2.45) is 7.05 Å². The van der Waals surface area contributed by atoms with Crippen molar-refractivity contribution >= 4 is 37.5 Å². The average Bonchev–Trinajstić information content (AvgIpc) is 2.81. The van der Waals surface area contributed by atoms with Crippen LogP contribution in [0.1, 0.15) is 24.3 Å². The minimum atomic E-state index is -4.61. The number of aromatic nitrogens is 2. The van der Waals surface area contributed by atoms with Crippen LogP contribution < -0.4 is 10.0 Å². The molecule has 0 aromatic carbocycles. The van der Waals surface area contributed by atoms with Crippen LogP contribution in [0.25, 0.3) is 0 Å². The third-order valence-corrected chi connectivity index (χ3v) is 5.63. The van der Waals surface area contributed by atoms with E-state index in [-0.39, 0.29) is 0 Å². The molecule has 0 fully saturated rings. The maximum absolute atomic E-state index is 14.7. The zero-order chi connectivity index (χ0) is 20.6. The fraction of sp³-hybridized carbons (Fsp3) is 0.333. The van der Waals surface area contributed by atoms with Crippen molar-refractivity contribution in [1.29, 1.82) is 0 Å². The molecule has 0 unspecified atom stereocenters. The highest BCUT2D eigenvalue weighted by Crippen LogP contribution is 2.24. The number of sulfonamides is 1. The van der Waals surface area contributed by atoms with Crippen LogP contribution in [0.4, 0.5) is 18.9 Å². The summed E-state index contributed by atoms with van der Waals surface area (Å²) in [6.07, 6.45) is 2.24. The maximum atomic E-state index is 14.7. The van der Waals surface area contributed by atoms with Crippen molar-refractivity contribution in [1.82, 2.24) is 14.3 Å². The van der Waals surface area contributed by atoms with E-state index in [9.17, 15) is 26.4 Å². The first-order chi connectivity index (χ1) is 12.3. The molecule has 27 heavy (non-hydrogen) atoms. The SMILES string of the molecule is C[C@@H](NS(=O)(=O)c1cn(C)c(C(=O)Nc2ccnc(Br)c2)c1F)C(C)(F)F. The summed E-state index contributed by atoms with van der Waals surface area (Å²) >= 11 is 3.12. The Kier molecular flexibility index (Phi) is 6.02. The summed E-state index contributed by atoms with van der Waals surface area (Å²) in [6.45, 7) is 1.49. The molecule has 12 heteroatoms. The summed E-state index contributed by atoms with van der Waals surface area (Å²) in [5.41, 5.74) is -0.275. The number of halogens is 4. The van der Waals surface area contributed by atoms with Gasteiger partial charge in [0.25, 0.3) is 11.8 Å². The van der Waals surface area contributed by atoms with Gasteiger partial charge in [0.1, 0.15) is 15.2 Å². The summed E-state index contributed by atoms with van der Waals surface area (Å²) in [4.78, 5) is 15.3. The molecular formula is C15H16BrF3N4O3S. The van der Waals surface area contributed by atoms with Gasteiger partial charge in [0, 0.05) is 32.1 Å². The van der Waals surface area contributed by atoms with E-state index in [1.54, 1.807) is 4.72 Å². The number of hydrogen-bond donors (Lipinski definition) is 2. The van der Waals surface area contributed by atoms with Gasteiger partial charge in [-0.2, -0.15) is 0 Å². The fourth-order valence-corrected chi connectivity index (χ4v) is 3.88. The summed E-state index contributed by atoms with van der Waals surface area (Å²) in [5, 5.41) is 2.41. The molecule has 2 aromatic heterocycles. The number of carbonyl (C=O) groups is 1. The second-order valence-electron chi connectivity index (χ2n) is 5.89. The Labute approximate surface area is 162 Å². The molecule has 0 aliphatic carbocycles. The lowest BCUT2D eigenvalue weighted by atomic mass is 10.2. The number of aryl methyl sites for hydroxylation is 1. The maximum Gasteiger partial charge on any atom is 0.275 e. The number of alkyl halides is 2. The van der Waals surface area contributed by atoms with Crippen molar-refractivity contribution in [3.63, 3.8) is 0 Å². The van der Waals surface area contributed by atoms with Crippen molar-refractivity contribution in [3.8, 4) is 0 Å². The molecule has 2 N–H and O–H groups in total. The second kappa shape index (κ2) is 7.60. The van der Waals surface area contributed by atoms with E-state index in [1.165, 1.54) is 25.4 Å². The standard InChI is InChI=1S/C15H16BrF3N4O3S/c1-8(15(2,18)19)22-27(25,26)10-7-23(3)13(12(10)17)14(24)21-9-4-5-20-11(16)6-9/h4-8,22H,1-3H3,(H,20,21,24)/t8-/m1/s1. The van der Waals surface area contributed by atoms with Gasteiger partial charge < -0.3 is 9.88 Å². The third kappa shape index (κ3) is 4.87. The topological polar surface area (TPSA) is 93.1 Å². The minimum Gasteiger partial charge on any atom is -0.343 e. The number of pyridine rings is 1. The first kappa shape index (κ1) is 21.4. The zero-order valence-corrected chi connectivity index (χ0v) is 16.8. The highest BCUT2D eigenvalue weighted by molar-refractivity contribution is 9.10. The molecule has 0 radical (unpaired) electrons. The van der Waals surface area contributed by atoms with Gasteiger partial charge in [-0.15, -0.1) is 0 Å². The number of nitrogens with one attached hydrogen (secondary N) is 2. The van der Waals surface area contributed by atoms with Crippen LogP contribution >= 0.6 is 15.9 Å². The van der Waals surface area contributed by atoms with Gasteiger partial charge in [0.05, 0.1) is 6.04 Å². The first-order valence-electron chi connectivity index (χ1n) is 7.51. The Hall–Kier alpha value is -1.92. The third-order valence-electron chi connectivity index (χ3n) is 3.67. The van der Waals surface area contributed by atoms with E-state index in [0.717, 1.165) is 17.7 Å². The van der Waals surface area contributed by atoms with E-state index < -0.39 is 44.3 Å². The summed E-state index contributed by atoms with van der Waals surface area (Å²) in [5.74, 6) is -5.61. The molecule has 0 saturated heterocycles. The van der Waals surface area contributed by atoms with Crippen LogP contribution in [0.3, 0.4) is 0 Å². The monoisotopic (exact) mass is 468 g/mol. The van der Waals surface area contributed by atoms with E-state index in [4.69, 9.17) is 0 Å². The van der Waals surface area contributed by atoms with Crippen molar-refractivity contribution < 1.29 is 26.4 Å². The summed E-state index contributed by atoms with van der Waals surface area (Å²) in [6, 6.07) is 1.14. The number of nitrogens with zero attached hydrogens (tertiary/aromatic N) is 2. The molecule has 2 aromatic rings. The molecule has 1 atom stereocenters. The van der Waals surface area contributed by atoms with E-state index in [2.05, 4.69) is 26.2 Å². The largest absolute Gasteiger partial charge is 0.343 e. The lowest BCUT2D eigenvalue weighted by Crippen LogP contribution is -2.43. The number of carbonyl (C=O) groups excluding carboxylic acids is 1. The lowest BCUT2D eigenvalue weighted by molar-refractivity contribution is -0.00490. The van der Waals surface area contributed by atoms with Crippen molar-refractivity contribution in [2.45, 2.75) is 30.7 Å². The predicted molar refractivity (Wildman–Crippen MR) is 95.7 cm³/mol. The molecule has 2 heterocycles. The molecule has 0 aliphatic heterocycles. The molecular weight excluding hydrogens is 453 g/mol. The van der Waals surface area contributed by atoms with Crippen LogP contribution in [0.5, 0.6) is 0 Å². The van der Waals surface area contributed by atoms with Gasteiger partial charge in [0.15, 0.2) is 5.82 Å². The number of amides is 1. The molecule has 2 rings (SSSR count). The van der Waals surface area contributed by atoms with Crippen LogP contribution in [-0.4, -0.2) is 35.8 Å². The first-order valence-corrected chi connectivity index (χ1v) is 9.78. The van der Waals surface area contributed by atoms with Gasteiger partial charge in [0.2, 0.25) is 10.0 Å². The lowest BCUT2D eigenvalue weighted by Gasteiger charge is -2.20. The number of hydrogen-bond acceptors (Lipinski definition) is 4. The van der Waals surface area contributed by atoms with Crippen LogP contribution in [0.2, 0.25) is 0 Å². The van der Waals surface area contributed by atoms with Gasteiger partial charge in [-0.05, 0) is 35.0 Å². The Balaban J connectivity index is 2.34. The second-order valence-corrected chi connectivity index (χ2v) is 8.38. The van der Waals surface area contributed by atoms with E-state index in [1.807, 2.05) is 0 Å². The van der Waals surface area contributed by atoms with E-state index in [0.29, 0.717) is 17.2 Å².